The van der Waals surface area contributed by atoms with E-state index in [0.29, 0.717) is 6.54 Å². The van der Waals surface area contributed by atoms with E-state index in [2.05, 4.69) is 42.2 Å². The minimum Gasteiger partial charge on any atom is -0.370 e. The van der Waals surface area contributed by atoms with Gasteiger partial charge in [0.1, 0.15) is 0 Å². The summed E-state index contributed by atoms with van der Waals surface area (Å²) in [6.45, 7) is 3.49. The van der Waals surface area contributed by atoms with Gasteiger partial charge in [-0.25, -0.2) is 0 Å². The topological polar surface area (TPSA) is 47.1 Å². The summed E-state index contributed by atoms with van der Waals surface area (Å²) in [5.41, 5.74) is 10.6. The number of aryl methyl sites for hydroxylation is 2. The molecule has 18 heavy (non-hydrogen) atoms. The molecule has 0 spiro atoms. The van der Waals surface area contributed by atoms with E-state index in [1.807, 2.05) is 24.1 Å². The summed E-state index contributed by atoms with van der Waals surface area (Å²) in [5, 5.41) is 4.19. The van der Waals surface area contributed by atoms with Gasteiger partial charge in [-0.05, 0) is 18.6 Å². The molecule has 0 fully saturated rings. The molecule has 1 aromatic heterocycles. The zero-order valence-electron chi connectivity index (χ0n) is 11.2. The number of anilines is 1. The molecule has 1 heterocycles. The summed E-state index contributed by atoms with van der Waals surface area (Å²) in [5.74, 6) is 0. The molecule has 2 aromatic rings. The lowest BCUT2D eigenvalue weighted by atomic mass is 10.1. The molecular weight excluding hydrogens is 224 g/mol. The highest BCUT2D eigenvalue weighted by molar-refractivity contribution is 5.54. The van der Waals surface area contributed by atoms with E-state index in [9.17, 15) is 0 Å². The molecule has 4 heteroatoms. The first-order valence-corrected chi connectivity index (χ1v) is 6.08. The Kier molecular flexibility index (Phi) is 3.67. The maximum atomic E-state index is 5.81. The molecule has 2 rings (SSSR count). The summed E-state index contributed by atoms with van der Waals surface area (Å²) >= 11 is 0. The van der Waals surface area contributed by atoms with Gasteiger partial charge in [-0.15, -0.1) is 0 Å². The van der Waals surface area contributed by atoms with Crippen LogP contribution >= 0.6 is 0 Å². The third-order valence-electron chi connectivity index (χ3n) is 3.04. The predicted octanol–water partition coefficient (Wildman–Crippen LogP) is 1.82. The smallest absolute Gasteiger partial charge is 0.0539 e. The lowest BCUT2D eigenvalue weighted by Gasteiger charge is -2.22. The van der Waals surface area contributed by atoms with E-state index in [1.165, 1.54) is 22.4 Å². The highest BCUT2D eigenvalue weighted by atomic mass is 15.2. The summed E-state index contributed by atoms with van der Waals surface area (Å²) in [4.78, 5) is 2.21. The fraction of sp³-hybridized carbons (Fsp3) is 0.357. The molecule has 0 bridgehead atoms. The first-order valence-electron chi connectivity index (χ1n) is 6.08. The van der Waals surface area contributed by atoms with E-state index in [-0.39, 0.29) is 0 Å². The zero-order valence-corrected chi connectivity index (χ0v) is 11.2. The average molecular weight is 244 g/mol. The van der Waals surface area contributed by atoms with Gasteiger partial charge >= 0.3 is 0 Å². The molecule has 0 saturated heterocycles. The normalized spacial score (nSPS) is 10.7. The van der Waals surface area contributed by atoms with Crippen molar-refractivity contribution in [3.05, 3.63) is 47.3 Å². The van der Waals surface area contributed by atoms with Gasteiger partial charge in [-0.1, -0.05) is 17.7 Å². The Morgan fingerprint density at radius 2 is 2.17 bits per heavy atom. The second-order valence-corrected chi connectivity index (χ2v) is 4.71. The third-order valence-corrected chi connectivity index (χ3v) is 3.04. The highest BCUT2D eigenvalue weighted by Crippen LogP contribution is 2.22. The first-order chi connectivity index (χ1) is 8.60. The number of benzene rings is 1. The highest BCUT2D eigenvalue weighted by Gasteiger charge is 2.08. The van der Waals surface area contributed by atoms with Crippen LogP contribution in [-0.4, -0.2) is 16.8 Å². The van der Waals surface area contributed by atoms with Crippen molar-refractivity contribution in [2.45, 2.75) is 20.0 Å². The van der Waals surface area contributed by atoms with Crippen molar-refractivity contribution >= 4 is 5.69 Å². The molecule has 0 saturated carbocycles. The molecule has 96 valence electrons. The molecule has 2 N–H and O–H groups in total. The van der Waals surface area contributed by atoms with E-state index < -0.39 is 0 Å². The molecule has 4 nitrogen and oxygen atoms in total. The van der Waals surface area contributed by atoms with E-state index in [1.54, 1.807) is 0 Å². The Labute approximate surface area is 108 Å². The monoisotopic (exact) mass is 244 g/mol. The van der Waals surface area contributed by atoms with Crippen LogP contribution in [0.5, 0.6) is 0 Å². The molecule has 0 aliphatic carbocycles. The molecule has 0 aliphatic rings. The van der Waals surface area contributed by atoms with Gasteiger partial charge in [-0.3, -0.25) is 4.68 Å². The van der Waals surface area contributed by atoms with Crippen molar-refractivity contribution < 1.29 is 0 Å². The number of nitrogens with zero attached hydrogens (tertiary/aromatic N) is 3. The summed E-state index contributed by atoms with van der Waals surface area (Å²) in [6, 6.07) is 6.40. The number of nitrogens with two attached hydrogens (primary N) is 1. The second-order valence-electron chi connectivity index (χ2n) is 4.71. The first kappa shape index (κ1) is 12.6. The van der Waals surface area contributed by atoms with Crippen LogP contribution in [0.2, 0.25) is 0 Å². The lowest BCUT2D eigenvalue weighted by Crippen LogP contribution is -2.18. The fourth-order valence-corrected chi connectivity index (χ4v) is 2.16. The van der Waals surface area contributed by atoms with Gasteiger partial charge in [0.25, 0.3) is 0 Å². The summed E-state index contributed by atoms with van der Waals surface area (Å²) < 4.78 is 1.82. The van der Waals surface area contributed by atoms with Gasteiger partial charge in [0.05, 0.1) is 6.20 Å². The van der Waals surface area contributed by atoms with Crippen molar-refractivity contribution in [3.8, 4) is 0 Å². The Bertz CT molecular complexity index is 530. The molecule has 0 atom stereocenters. The Morgan fingerprint density at radius 3 is 2.78 bits per heavy atom. The van der Waals surface area contributed by atoms with Crippen LogP contribution in [0.4, 0.5) is 5.69 Å². The van der Waals surface area contributed by atoms with Gasteiger partial charge in [0, 0.05) is 44.6 Å². The van der Waals surface area contributed by atoms with Crippen LogP contribution in [0.15, 0.2) is 30.6 Å². The van der Waals surface area contributed by atoms with Crippen LogP contribution in [0.3, 0.4) is 0 Å². The van der Waals surface area contributed by atoms with E-state index >= 15 is 0 Å². The van der Waals surface area contributed by atoms with Crippen LogP contribution in [0.25, 0.3) is 0 Å². The number of hydrogen-bond acceptors (Lipinski definition) is 3. The van der Waals surface area contributed by atoms with Crippen LogP contribution in [0, 0.1) is 6.92 Å². The minimum atomic E-state index is 0.564. The molecule has 0 aliphatic heterocycles. The quantitative estimate of drug-likeness (QED) is 0.892. The van der Waals surface area contributed by atoms with Crippen LogP contribution < -0.4 is 10.6 Å². The van der Waals surface area contributed by atoms with Gasteiger partial charge in [-0.2, -0.15) is 5.10 Å². The Balaban J connectivity index is 2.20. The number of hydrogen-bond donors (Lipinski definition) is 1. The summed E-state index contributed by atoms with van der Waals surface area (Å²) in [7, 11) is 4.01. The maximum Gasteiger partial charge on any atom is 0.0539 e. The largest absolute Gasteiger partial charge is 0.370 e. The van der Waals surface area contributed by atoms with Crippen molar-refractivity contribution in [1.29, 1.82) is 0 Å². The lowest BCUT2D eigenvalue weighted by molar-refractivity contribution is 0.766. The van der Waals surface area contributed by atoms with E-state index in [4.69, 9.17) is 5.73 Å². The van der Waals surface area contributed by atoms with Crippen LogP contribution in [-0.2, 0) is 20.1 Å². The average Bonchev–Trinajstić information content (AvgIpc) is 2.74. The number of aromatic nitrogens is 2. The van der Waals surface area contributed by atoms with E-state index in [0.717, 1.165) is 6.54 Å². The summed E-state index contributed by atoms with van der Waals surface area (Å²) in [6.07, 6.45) is 3.93. The number of rotatable bonds is 4. The molecule has 0 unspecified atom stereocenters. The van der Waals surface area contributed by atoms with Crippen molar-refractivity contribution in [2.75, 3.05) is 11.9 Å². The van der Waals surface area contributed by atoms with Gasteiger partial charge < -0.3 is 10.6 Å². The van der Waals surface area contributed by atoms with Crippen molar-refractivity contribution in [2.24, 2.45) is 12.8 Å². The van der Waals surface area contributed by atoms with Gasteiger partial charge in [0.2, 0.25) is 0 Å². The molecule has 0 amide bonds. The molecular formula is C14H20N4. The molecule has 0 radical (unpaired) electrons. The van der Waals surface area contributed by atoms with Crippen molar-refractivity contribution in [3.63, 3.8) is 0 Å². The SMILES string of the molecule is Cc1ccc(N(C)Cc2cnn(C)c2)c(CN)c1. The third kappa shape index (κ3) is 2.71. The standard InChI is InChI=1S/C14H20N4/c1-11-4-5-14(13(6-11)7-15)17(2)9-12-8-16-18(3)10-12/h4-6,8,10H,7,9,15H2,1-3H3. The fourth-order valence-electron chi connectivity index (χ4n) is 2.16. The maximum absolute atomic E-state index is 5.81. The minimum absolute atomic E-state index is 0.564. The predicted molar refractivity (Wildman–Crippen MR) is 74.4 cm³/mol. The second kappa shape index (κ2) is 5.23. The van der Waals surface area contributed by atoms with Crippen LogP contribution in [0.1, 0.15) is 16.7 Å². The van der Waals surface area contributed by atoms with Crippen molar-refractivity contribution in [1.82, 2.24) is 9.78 Å². The zero-order chi connectivity index (χ0) is 13.1. The molecule has 1 aromatic carbocycles. The Hall–Kier alpha value is -1.81. The van der Waals surface area contributed by atoms with Gasteiger partial charge in [0.15, 0.2) is 0 Å². The Morgan fingerprint density at radius 1 is 1.39 bits per heavy atom.